The Balaban J connectivity index is 1.79. The molecule has 8 heteroatoms. The van der Waals surface area contributed by atoms with E-state index in [1.165, 1.54) is 19.1 Å². The highest BCUT2D eigenvalue weighted by molar-refractivity contribution is 6.10. The molecule has 0 bridgehead atoms. The lowest BCUT2D eigenvalue weighted by Crippen LogP contribution is -2.31. The van der Waals surface area contributed by atoms with Crippen molar-refractivity contribution in [3.05, 3.63) is 47.7 Å². The van der Waals surface area contributed by atoms with Gasteiger partial charge in [-0.15, -0.1) is 0 Å². The number of carbonyl (C=O) groups is 2. The number of carbonyl (C=O) groups excluding carboxylic acids is 2. The van der Waals surface area contributed by atoms with Gasteiger partial charge < -0.3 is 29.2 Å². The van der Waals surface area contributed by atoms with Gasteiger partial charge in [-0.1, -0.05) is 18.2 Å². The molecule has 8 nitrogen and oxygen atoms in total. The van der Waals surface area contributed by atoms with E-state index in [1.807, 2.05) is 30.3 Å². The maximum Gasteiger partial charge on any atom is 0.337 e. The SMILES string of the molecule is COC(=O)C1=C(Nc2cc3oc4ccccc4c3cc2OC)C(=O)N(CCO)C1. The van der Waals surface area contributed by atoms with Gasteiger partial charge in [0, 0.05) is 23.4 Å². The van der Waals surface area contributed by atoms with Gasteiger partial charge in [-0.05, 0) is 12.1 Å². The molecule has 1 aromatic heterocycles. The zero-order valence-corrected chi connectivity index (χ0v) is 16.0. The lowest BCUT2D eigenvalue weighted by atomic mass is 10.1. The van der Waals surface area contributed by atoms with Crippen LogP contribution in [0.25, 0.3) is 21.9 Å². The van der Waals surface area contributed by atoms with Crippen LogP contribution < -0.4 is 10.1 Å². The van der Waals surface area contributed by atoms with Gasteiger partial charge in [-0.2, -0.15) is 0 Å². The zero-order chi connectivity index (χ0) is 20.5. The van der Waals surface area contributed by atoms with Gasteiger partial charge in [0.1, 0.15) is 22.6 Å². The first-order valence-electron chi connectivity index (χ1n) is 9.05. The third kappa shape index (κ3) is 3.17. The van der Waals surface area contributed by atoms with Gasteiger partial charge in [0.05, 0.1) is 38.6 Å². The Kier molecular flexibility index (Phi) is 4.85. The monoisotopic (exact) mass is 396 g/mol. The molecular weight excluding hydrogens is 376 g/mol. The van der Waals surface area contributed by atoms with Crippen molar-refractivity contribution in [3.63, 3.8) is 0 Å². The number of benzene rings is 2. The van der Waals surface area contributed by atoms with Crippen LogP contribution in [0.3, 0.4) is 0 Å². The van der Waals surface area contributed by atoms with E-state index in [0.717, 1.165) is 16.4 Å². The normalized spacial score (nSPS) is 14.2. The number of esters is 1. The fourth-order valence-corrected chi connectivity index (χ4v) is 3.50. The van der Waals surface area contributed by atoms with Crippen molar-refractivity contribution in [2.75, 3.05) is 39.2 Å². The Morgan fingerprint density at radius 2 is 2.00 bits per heavy atom. The predicted octanol–water partition coefficient (Wildman–Crippen LogP) is 2.27. The lowest BCUT2D eigenvalue weighted by Gasteiger charge is -2.15. The number of β-amino-alcohol motifs (C(OH)–C–C–N with tert-alkyl or cyclic N) is 1. The van der Waals surface area contributed by atoms with Gasteiger partial charge in [0.25, 0.3) is 5.91 Å². The summed E-state index contributed by atoms with van der Waals surface area (Å²) in [6.45, 7) is -0.0322. The van der Waals surface area contributed by atoms with Crippen LogP contribution in [-0.2, 0) is 14.3 Å². The standard InChI is InChI=1S/C21H20N2O6/c1-27-18-9-13-12-5-3-4-6-16(12)29-17(13)10-15(18)22-19-14(21(26)28-2)11-23(7-8-24)20(19)25/h3-6,9-10,22,24H,7-8,11H2,1-2H3. The summed E-state index contributed by atoms with van der Waals surface area (Å²) in [5.74, 6) is -0.509. The largest absolute Gasteiger partial charge is 0.495 e. The van der Waals surface area contributed by atoms with E-state index < -0.39 is 11.9 Å². The van der Waals surface area contributed by atoms with Crippen LogP contribution in [-0.4, -0.2) is 55.8 Å². The van der Waals surface area contributed by atoms with E-state index in [4.69, 9.17) is 13.9 Å². The molecule has 150 valence electrons. The van der Waals surface area contributed by atoms with Crippen LogP contribution in [0, 0.1) is 0 Å². The lowest BCUT2D eigenvalue weighted by molar-refractivity contribution is -0.136. The van der Waals surface area contributed by atoms with Gasteiger partial charge in [-0.25, -0.2) is 4.79 Å². The van der Waals surface area contributed by atoms with Crippen LogP contribution >= 0.6 is 0 Å². The molecule has 0 spiro atoms. The average molecular weight is 396 g/mol. The van der Waals surface area contributed by atoms with Gasteiger partial charge in [0.2, 0.25) is 0 Å². The Bertz CT molecular complexity index is 1150. The Hall–Kier alpha value is -3.52. The van der Waals surface area contributed by atoms with Crippen molar-refractivity contribution in [1.29, 1.82) is 0 Å². The molecule has 29 heavy (non-hydrogen) atoms. The number of furan rings is 1. The minimum absolute atomic E-state index is 0.0591. The Morgan fingerprint density at radius 1 is 1.21 bits per heavy atom. The number of hydrogen-bond donors (Lipinski definition) is 2. The Morgan fingerprint density at radius 3 is 2.72 bits per heavy atom. The number of methoxy groups -OCH3 is 2. The summed E-state index contributed by atoms with van der Waals surface area (Å²) >= 11 is 0. The van der Waals surface area contributed by atoms with Crippen LogP contribution in [0.15, 0.2) is 52.1 Å². The summed E-state index contributed by atoms with van der Waals surface area (Å²) in [4.78, 5) is 26.3. The molecule has 2 heterocycles. The second-order valence-corrected chi connectivity index (χ2v) is 6.57. The number of nitrogens with one attached hydrogen (secondary N) is 1. The summed E-state index contributed by atoms with van der Waals surface area (Å²) in [6, 6.07) is 11.2. The molecule has 0 aliphatic carbocycles. The molecule has 0 radical (unpaired) electrons. The summed E-state index contributed by atoms with van der Waals surface area (Å²) in [7, 11) is 2.78. The average Bonchev–Trinajstić information content (AvgIpc) is 3.25. The first-order chi connectivity index (χ1) is 14.1. The van der Waals surface area contributed by atoms with E-state index in [2.05, 4.69) is 5.32 Å². The second-order valence-electron chi connectivity index (χ2n) is 6.57. The fraction of sp³-hybridized carbons (Fsp3) is 0.238. The van der Waals surface area contributed by atoms with Gasteiger partial charge in [0.15, 0.2) is 0 Å². The van der Waals surface area contributed by atoms with Crippen molar-refractivity contribution < 1.29 is 28.6 Å². The Labute approximate surface area is 166 Å². The van der Waals surface area contributed by atoms with Crippen molar-refractivity contribution >= 4 is 39.5 Å². The quantitative estimate of drug-likeness (QED) is 0.617. The van der Waals surface area contributed by atoms with Crippen LogP contribution in [0.5, 0.6) is 5.75 Å². The molecule has 4 rings (SSSR count). The highest BCUT2D eigenvalue weighted by Gasteiger charge is 2.35. The molecule has 0 atom stereocenters. The summed E-state index contributed by atoms with van der Waals surface area (Å²) < 4.78 is 16.2. The van der Waals surface area contributed by atoms with Crippen molar-refractivity contribution in [2.24, 2.45) is 0 Å². The minimum Gasteiger partial charge on any atom is -0.495 e. The molecule has 2 aromatic carbocycles. The third-order valence-electron chi connectivity index (χ3n) is 4.91. The van der Waals surface area contributed by atoms with E-state index in [9.17, 15) is 14.7 Å². The number of para-hydroxylation sites is 1. The summed E-state index contributed by atoms with van der Waals surface area (Å²) in [5.41, 5.74) is 2.13. The molecule has 0 fully saturated rings. The molecule has 3 aromatic rings. The molecule has 2 N–H and O–H groups in total. The number of aliphatic hydroxyl groups excluding tert-OH is 1. The van der Waals surface area contributed by atoms with Crippen molar-refractivity contribution in [1.82, 2.24) is 4.90 Å². The number of anilines is 1. The molecule has 1 amide bonds. The fourth-order valence-electron chi connectivity index (χ4n) is 3.50. The van der Waals surface area contributed by atoms with Crippen molar-refractivity contribution in [2.45, 2.75) is 0 Å². The smallest absolute Gasteiger partial charge is 0.337 e. The van der Waals surface area contributed by atoms with E-state index in [1.54, 1.807) is 6.07 Å². The molecule has 1 aliphatic rings. The highest BCUT2D eigenvalue weighted by Crippen LogP contribution is 2.37. The number of aliphatic hydroxyl groups is 1. The highest BCUT2D eigenvalue weighted by atomic mass is 16.5. The first kappa shape index (κ1) is 18.8. The number of rotatable bonds is 6. The van der Waals surface area contributed by atoms with Crippen LogP contribution in [0.1, 0.15) is 0 Å². The second kappa shape index (κ2) is 7.48. The van der Waals surface area contributed by atoms with E-state index in [0.29, 0.717) is 17.0 Å². The number of fused-ring (bicyclic) bond motifs is 3. The third-order valence-corrected chi connectivity index (χ3v) is 4.91. The molecule has 0 saturated heterocycles. The maximum atomic E-state index is 12.8. The number of nitrogens with zero attached hydrogens (tertiary/aromatic N) is 1. The summed E-state index contributed by atoms with van der Waals surface area (Å²) in [5, 5.41) is 14.0. The molecule has 0 saturated carbocycles. The van der Waals surface area contributed by atoms with Gasteiger partial charge >= 0.3 is 5.97 Å². The van der Waals surface area contributed by atoms with Crippen LogP contribution in [0.4, 0.5) is 5.69 Å². The molecular formula is C21H20N2O6. The number of hydrogen-bond acceptors (Lipinski definition) is 7. The summed E-state index contributed by atoms with van der Waals surface area (Å²) in [6.07, 6.45) is 0. The number of amides is 1. The zero-order valence-electron chi connectivity index (χ0n) is 16.0. The molecule has 1 aliphatic heterocycles. The minimum atomic E-state index is -0.606. The predicted molar refractivity (Wildman–Crippen MR) is 107 cm³/mol. The van der Waals surface area contributed by atoms with Crippen molar-refractivity contribution in [3.8, 4) is 5.75 Å². The molecule has 0 unspecified atom stereocenters. The topological polar surface area (TPSA) is 101 Å². The van der Waals surface area contributed by atoms with E-state index >= 15 is 0 Å². The maximum absolute atomic E-state index is 12.8. The van der Waals surface area contributed by atoms with E-state index in [-0.39, 0.29) is 31.0 Å². The first-order valence-corrected chi connectivity index (χ1v) is 9.05. The van der Waals surface area contributed by atoms with Crippen LogP contribution in [0.2, 0.25) is 0 Å². The van der Waals surface area contributed by atoms with Gasteiger partial charge in [-0.3, -0.25) is 4.79 Å². The number of ether oxygens (including phenoxy) is 2.